The smallest absolute Gasteiger partial charge is 0.269 e. The highest BCUT2D eigenvalue weighted by molar-refractivity contribution is 9.14. The number of rotatable bonds is 13. The van der Waals surface area contributed by atoms with Crippen molar-refractivity contribution in [3.63, 3.8) is 0 Å². The van der Waals surface area contributed by atoms with E-state index in [1.165, 1.54) is 0 Å². The Morgan fingerprint density at radius 1 is 0.944 bits per heavy atom. The molecular formula is C24H30Br2N4O6. The molecule has 0 fully saturated rings. The number of hydrogen-bond acceptors (Lipinski definition) is 6. The van der Waals surface area contributed by atoms with Crippen molar-refractivity contribution < 1.29 is 29.1 Å². The molecule has 5 amide bonds. The molecule has 1 aliphatic rings. The Balaban J connectivity index is 1.70. The number of amides is 5. The van der Waals surface area contributed by atoms with Crippen LogP contribution in [0.3, 0.4) is 0 Å². The van der Waals surface area contributed by atoms with Crippen molar-refractivity contribution in [3.05, 3.63) is 38.8 Å². The first-order valence-corrected chi connectivity index (χ1v) is 13.1. The van der Waals surface area contributed by atoms with Gasteiger partial charge in [0.15, 0.2) is 0 Å². The van der Waals surface area contributed by atoms with Gasteiger partial charge in [0, 0.05) is 18.7 Å². The highest BCUT2D eigenvalue weighted by Crippen LogP contribution is 2.29. The number of aliphatic hydroxyl groups excluding tert-OH is 1. The van der Waals surface area contributed by atoms with Crippen LogP contribution in [0.2, 0.25) is 0 Å². The molecule has 0 radical (unpaired) electrons. The number of benzene rings is 1. The van der Waals surface area contributed by atoms with E-state index < -0.39 is 17.9 Å². The number of aliphatic hydroxyl groups is 1. The summed E-state index contributed by atoms with van der Waals surface area (Å²) < 4.78 is 0.415. The third-order valence-corrected chi connectivity index (χ3v) is 7.46. The lowest BCUT2D eigenvalue weighted by Crippen LogP contribution is -2.51. The van der Waals surface area contributed by atoms with Crippen molar-refractivity contribution in [2.24, 2.45) is 5.92 Å². The minimum absolute atomic E-state index is 0.0960. The van der Waals surface area contributed by atoms with Crippen LogP contribution >= 0.6 is 31.9 Å². The molecule has 196 valence electrons. The Morgan fingerprint density at radius 2 is 1.56 bits per heavy atom. The molecule has 0 bridgehead atoms. The zero-order valence-electron chi connectivity index (χ0n) is 20.1. The summed E-state index contributed by atoms with van der Waals surface area (Å²) in [5.41, 5.74) is 1.25. The van der Waals surface area contributed by atoms with Crippen LogP contribution in [0.15, 0.2) is 33.2 Å². The largest absolute Gasteiger partial charge is 0.392 e. The lowest BCUT2D eigenvalue weighted by Gasteiger charge is -2.21. The number of unbranched alkanes of at least 4 members (excludes halogenated alkanes) is 2. The van der Waals surface area contributed by atoms with Gasteiger partial charge in [0.25, 0.3) is 11.8 Å². The van der Waals surface area contributed by atoms with Crippen molar-refractivity contribution in [2.45, 2.75) is 52.2 Å². The van der Waals surface area contributed by atoms with Gasteiger partial charge in [-0.1, -0.05) is 32.4 Å². The second-order valence-corrected chi connectivity index (χ2v) is 10.2. The molecule has 36 heavy (non-hydrogen) atoms. The molecule has 4 N–H and O–H groups in total. The summed E-state index contributed by atoms with van der Waals surface area (Å²) in [7, 11) is 0. The molecule has 1 unspecified atom stereocenters. The first kappa shape index (κ1) is 29.7. The van der Waals surface area contributed by atoms with Crippen LogP contribution in [0.4, 0.5) is 5.69 Å². The van der Waals surface area contributed by atoms with Gasteiger partial charge in [-0.2, -0.15) is 0 Å². The molecule has 0 aliphatic carbocycles. The average Bonchev–Trinajstić information content (AvgIpc) is 3.03. The lowest BCUT2D eigenvalue weighted by molar-refractivity contribution is -0.137. The lowest BCUT2D eigenvalue weighted by atomic mass is 10.0. The number of anilines is 1. The van der Waals surface area contributed by atoms with E-state index in [9.17, 15) is 24.0 Å². The monoisotopic (exact) mass is 628 g/mol. The van der Waals surface area contributed by atoms with E-state index in [-0.39, 0.29) is 58.7 Å². The number of nitrogens with one attached hydrogen (secondary N) is 3. The predicted molar refractivity (Wildman–Crippen MR) is 141 cm³/mol. The van der Waals surface area contributed by atoms with Crippen LogP contribution in [-0.4, -0.2) is 58.7 Å². The van der Waals surface area contributed by atoms with Crippen LogP contribution in [0.5, 0.6) is 0 Å². The second-order valence-electron chi connectivity index (χ2n) is 8.61. The highest BCUT2D eigenvalue weighted by Gasteiger charge is 2.35. The summed E-state index contributed by atoms with van der Waals surface area (Å²) in [6.45, 7) is 3.49. The van der Waals surface area contributed by atoms with Crippen molar-refractivity contribution in [1.82, 2.24) is 15.5 Å². The minimum atomic E-state index is -0.797. The van der Waals surface area contributed by atoms with Crippen molar-refractivity contribution in [2.75, 3.05) is 18.4 Å². The molecule has 1 aromatic rings. The third kappa shape index (κ3) is 8.52. The van der Waals surface area contributed by atoms with Gasteiger partial charge < -0.3 is 21.1 Å². The van der Waals surface area contributed by atoms with Gasteiger partial charge in [0.2, 0.25) is 17.7 Å². The highest BCUT2D eigenvalue weighted by atomic mass is 79.9. The van der Waals surface area contributed by atoms with E-state index in [1.54, 1.807) is 38.1 Å². The van der Waals surface area contributed by atoms with E-state index in [1.807, 2.05) is 0 Å². The van der Waals surface area contributed by atoms with Crippen LogP contribution in [0.1, 0.15) is 45.1 Å². The van der Waals surface area contributed by atoms with E-state index in [0.717, 1.165) is 4.90 Å². The van der Waals surface area contributed by atoms with Gasteiger partial charge >= 0.3 is 0 Å². The predicted octanol–water partition coefficient (Wildman–Crippen LogP) is 2.30. The summed E-state index contributed by atoms with van der Waals surface area (Å²) in [5, 5.41) is 17.0. The summed E-state index contributed by atoms with van der Waals surface area (Å²) in [6.07, 6.45) is 1.89. The number of carbonyl (C=O) groups is 5. The van der Waals surface area contributed by atoms with Gasteiger partial charge in [0.05, 0.1) is 13.2 Å². The Hall–Kier alpha value is -2.57. The first-order chi connectivity index (χ1) is 17.0. The van der Waals surface area contributed by atoms with E-state index in [4.69, 9.17) is 5.11 Å². The van der Waals surface area contributed by atoms with Crippen LogP contribution in [0, 0.1) is 5.92 Å². The zero-order valence-corrected chi connectivity index (χ0v) is 23.3. The van der Waals surface area contributed by atoms with Gasteiger partial charge in [-0.05, 0) is 68.3 Å². The molecule has 0 spiro atoms. The zero-order chi connectivity index (χ0) is 26.8. The maximum Gasteiger partial charge on any atom is 0.269 e. The fourth-order valence-corrected chi connectivity index (χ4v) is 4.18. The van der Waals surface area contributed by atoms with Gasteiger partial charge in [-0.25, -0.2) is 0 Å². The Bertz CT molecular complexity index is 1000. The summed E-state index contributed by atoms with van der Waals surface area (Å²) in [6, 6.07) is 5.86. The molecule has 12 heteroatoms. The molecule has 2 rings (SSSR count). The van der Waals surface area contributed by atoms with Crippen LogP contribution in [-0.2, 0) is 30.6 Å². The molecule has 10 nitrogen and oxygen atoms in total. The maximum atomic E-state index is 12.6. The molecule has 0 saturated carbocycles. The molecule has 0 aromatic heterocycles. The molecule has 1 atom stereocenters. The fraction of sp³-hybridized carbons (Fsp3) is 0.458. The normalized spacial score (nSPS) is 14.3. The van der Waals surface area contributed by atoms with Gasteiger partial charge in [-0.3, -0.25) is 28.9 Å². The Labute approximate surface area is 226 Å². The number of halogens is 2. The Kier molecular flexibility index (Phi) is 11.7. The summed E-state index contributed by atoms with van der Waals surface area (Å²) in [5.74, 6) is -2.14. The topological polar surface area (TPSA) is 145 Å². The summed E-state index contributed by atoms with van der Waals surface area (Å²) in [4.78, 5) is 62.2. The molecule has 1 aliphatic heterocycles. The second kappa shape index (κ2) is 14.2. The van der Waals surface area contributed by atoms with Crippen LogP contribution in [0.25, 0.3) is 0 Å². The van der Waals surface area contributed by atoms with E-state index in [0.29, 0.717) is 30.5 Å². The minimum Gasteiger partial charge on any atom is -0.392 e. The maximum absolute atomic E-state index is 12.6. The number of hydrogen-bond donors (Lipinski definition) is 4. The van der Waals surface area contributed by atoms with Crippen molar-refractivity contribution >= 4 is 67.1 Å². The fourth-order valence-electron chi connectivity index (χ4n) is 3.41. The number of imide groups is 1. The SMILES string of the molecule is CC(C)C(NC(=O)CCCCCN1C(=O)C(Br)=C(Br)C1=O)C(=O)NCC(=O)Nc1ccc(CO)cc1. The molecule has 1 heterocycles. The number of nitrogens with zero attached hydrogens (tertiary/aromatic N) is 1. The Morgan fingerprint density at radius 3 is 2.11 bits per heavy atom. The third-order valence-electron chi connectivity index (χ3n) is 5.45. The van der Waals surface area contributed by atoms with E-state index >= 15 is 0 Å². The van der Waals surface area contributed by atoms with Gasteiger partial charge in [-0.15, -0.1) is 0 Å². The molecule has 0 saturated heterocycles. The van der Waals surface area contributed by atoms with Crippen LogP contribution < -0.4 is 16.0 Å². The van der Waals surface area contributed by atoms with Gasteiger partial charge in [0.1, 0.15) is 15.0 Å². The summed E-state index contributed by atoms with van der Waals surface area (Å²) >= 11 is 6.16. The van der Waals surface area contributed by atoms with Crippen molar-refractivity contribution in [1.29, 1.82) is 0 Å². The van der Waals surface area contributed by atoms with E-state index in [2.05, 4.69) is 47.8 Å². The average molecular weight is 630 g/mol. The quantitative estimate of drug-likeness (QED) is 0.195. The van der Waals surface area contributed by atoms with Crippen molar-refractivity contribution in [3.8, 4) is 0 Å². The standard InChI is InChI=1S/C24H30Br2N4O6/c1-14(2)21(22(34)27-12-18(33)28-16-9-7-15(13-31)8-10-16)29-17(32)6-4-3-5-11-30-23(35)19(25)20(26)24(30)36/h7-10,14,21,31H,3-6,11-13H2,1-2H3,(H,27,34)(H,28,33)(H,29,32). The molecule has 1 aromatic carbocycles. The number of carbonyl (C=O) groups excluding carboxylic acids is 5. The molecular weight excluding hydrogens is 600 g/mol. The first-order valence-electron chi connectivity index (χ1n) is 11.5.